The Balaban J connectivity index is 1.32. The summed E-state index contributed by atoms with van der Waals surface area (Å²) < 4.78 is 13.1. The fourth-order valence-corrected chi connectivity index (χ4v) is 8.77. The monoisotopic (exact) mass is 565 g/mol. The smallest absolute Gasteiger partial charge is 0.175 e. The number of rotatable bonds is 8. The van der Waals surface area contributed by atoms with Crippen LogP contribution in [0.4, 0.5) is 0 Å². The van der Waals surface area contributed by atoms with Crippen molar-refractivity contribution in [3.05, 3.63) is 56.0 Å². The molecule has 6 rings (SSSR count). The number of hydrogen-bond donors (Lipinski definition) is 1. The van der Waals surface area contributed by atoms with Crippen molar-refractivity contribution in [3.63, 3.8) is 0 Å². The first-order valence-corrected chi connectivity index (χ1v) is 13.9. The highest BCUT2D eigenvalue weighted by Crippen LogP contribution is 2.66. The molecule has 184 valence electrons. The Labute approximate surface area is 222 Å². The summed E-state index contributed by atoms with van der Waals surface area (Å²) in [4.78, 5) is 0. The van der Waals surface area contributed by atoms with Crippen molar-refractivity contribution < 1.29 is 9.47 Å². The summed E-state index contributed by atoms with van der Waals surface area (Å²) in [7, 11) is 0. The maximum Gasteiger partial charge on any atom is 0.175 e. The van der Waals surface area contributed by atoms with E-state index in [2.05, 4.69) is 47.2 Å². The predicted octanol–water partition coefficient (Wildman–Crippen LogP) is 8.57. The molecule has 0 heterocycles. The molecule has 0 aromatic heterocycles. The molecule has 4 aliphatic rings. The van der Waals surface area contributed by atoms with E-state index >= 15 is 0 Å². The van der Waals surface area contributed by atoms with Gasteiger partial charge in [0, 0.05) is 12.1 Å². The van der Waals surface area contributed by atoms with Crippen LogP contribution in [0.1, 0.15) is 70.4 Å². The lowest BCUT2D eigenvalue weighted by molar-refractivity contribution is -0.118. The van der Waals surface area contributed by atoms with E-state index in [1.807, 2.05) is 19.1 Å². The van der Waals surface area contributed by atoms with E-state index in [-0.39, 0.29) is 5.54 Å². The summed E-state index contributed by atoms with van der Waals surface area (Å²) in [6, 6.07) is 9.83. The third kappa shape index (κ3) is 4.98. The molecule has 0 saturated heterocycles. The Morgan fingerprint density at radius 2 is 1.68 bits per heavy atom. The largest absolute Gasteiger partial charge is 0.490 e. The molecule has 1 N–H and O–H groups in total. The maximum absolute atomic E-state index is 6.17. The fourth-order valence-electron chi connectivity index (χ4n) is 7.85. The molecule has 4 atom stereocenters. The van der Waals surface area contributed by atoms with E-state index in [9.17, 15) is 0 Å². The van der Waals surface area contributed by atoms with E-state index in [0.717, 1.165) is 28.2 Å². The van der Waals surface area contributed by atoms with Crippen molar-refractivity contribution in [3.8, 4) is 11.5 Å². The minimum absolute atomic E-state index is 0.268. The quantitative estimate of drug-likeness (QED) is 0.347. The van der Waals surface area contributed by atoms with Crippen LogP contribution in [-0.4, -0.2) is 12.1 Å². The lowest BCUT2D eigenvalue weighted by atomic mass is 9.43. The third-order valence-electron chi connectivity index (χ3n) is 8.03. The molecule has 4 fully saturated rings. The van der Waals surface area contributed by atoms with Crippen molar-refractivity contribution in [2.45, 2.75) is 78.0 Å². The summed E-state index contributed by atoms with van der Waals surface area (Å²) in [6.07, 6.45) is 8.15. The third-order valence-corrected chi connectivity index (χ3v) is 9.36. The zero-order valence-electron chi connectivity index (χ0n) is 20.3. The van der Waals surface area contributed by atoms with Gasteiger partial charge in [-0.15, -0.1) is 0 Å². The second kappa shape index (κ2) is 9.18. The first-order chi connectivity index (χ1) is 16.1. The maximum atomic E-state index is 6.17. The molecule has 6 heteroatoms. The summed E-state index contributed by atoms with van der Waals surface area (Å²) in [5, 5.41) is 5.11. The lowest BCUT2D eigenvalue weighted by Gasteiger charge is -2.65. The highest BCUT2D eigenvalue weighted by molar-refractivity contribution is 9.10. The van der Waals surface area contributed by atoms with Crippen LogP contribution in [0.2, 0.25) is 10.0 Å². The van der Waals surface area contributed by atoms with Gasteiger partial charge in [0.25, 0.3) is 0 Å². The van der Waals surface area contributed by atoms with Crippen LogP contribution in [0.3, 0.4) is 0 Å². The number of hydrogen-bond acceptors (Lipinski definition) is 3. The first kappa shape index (κ1) is 24.7. The average molecular weight is 567 g/mol. The van der Waals surface area contributed by atoms with Gasteiger partial charge in [-0.2, -0.15) is 0 Å². The van der Waals surface area contributed by atoms with E-state index in [1.165, 1.54) is 44.1 Å². The van der Waals surface area contributed by atoms with Gasteiger partial charge in [-0.05, 0) is 114 Å². The van der Waals surface area contributed by atoms with E-state index in [1.54, 1.807) is 6.07 Å². The van der Waals surface area contributed by atoms with Crippen LogP contribution in [0, 0.1) is 16.7 Å². The van der Waals surface area contributed by atoms with Crippen LogP contribution >= 0.6 is 39.1 Å². The van der Waals surface area contributed by atoms with Crippen LogP contribution < -0.4 is 14.8 Å². The van der Waals surface area contributed by atoms with Gasteiger partial charge in [-0.25, -0.2) is 0 Å². The highest BCUT2D eigenvalue weighted by Gasteiger charge is 2.59. The van der Waals surface area contributed by atoms with Crippen LogP contribution in [0.25, 0.3) is 0 Å². The molecule has 34 heavy (non-hydrogen) atoms. The topological polar surface area (TPSA) is 30.5 Å². The molecule has 0 aliphatic heterocycles. The Hall–Kier alpha value is -0.940. The van der Waals surface area contributed by atoms with Crippen molar-refractivity contribution in [1.29, 1.82) is 0 Å². The average Bonchev–Trinajstić information content (AvgIpc) is 2.72. The van der Waals surface area contributed by atoms with Crippen LogP contribution in [0.5, 0.6) is 11.5 Å². The van der Waals surface area contributed by atoms with Crippen LogP contribution in [0.15, 0.2) is 34.8 Å². The predicted molar refractivity (Wildman–Crippen MR) is 143 cm³/mol. The van der Waals surface area contributed by atoms with E-state index in [4.69, 9.17) is 32.7 Å². The molecular formula is C28H34BrCl2NO2. The van der Waals surface area contributed by atoms with Crippen molar-refractivity contribution >= 4 is 39.1 Å². The minimum atomic E-state index is 0.268. The lowest BCUT2D eigenvalue weighted by Crippen LogP contribution is -2.63. The minimum Gasteiger partial charge on any atom is -0.490 e. The zero-order chi connectivity index (χ0) is 24.1. The Morgan fingerprint density at radius 3 is 2.32 bits per heavy atom. The SMILES string of the molecule is CCOc1cc(CNC23CC4C[C@@](C)(C2)C[C@](C)(C4)C3)cc(Br)c1OCc1ccc(Cl)c(Cl)c1. The van der Waals surface area contributed by atoms with E-state index in [0.29, 0.717) is 39.8 Å². The number of benzene rings is 2. The second-order valence-corrected chi connectivity index (χ2v) is 13.3. The van der Waals surface area contributed by atoms with Gasteiger partial charge in [-0.3, -0.25) is 0 Å². The summed E-state index contributed by atoms with van der Waals surface area (Å²) in [5.74, 6) is 2.35. The van der Waals surface area contributed by atoms with Gasteiger partial charge < -0.3 is 14.8 Å². The highest BCUT2D eigenvalue weighted by atomic mass is 79.9. The molecule has 3 nitrogen and oxygen atoms in total. The number of halogens is 3. The zero-order valence-corrected chi connectivity index (χ0v) is 23.4. The molecule has 0 amide bonds. The Bertz CT molecular complexity index is 1070. The van der Waals surface area contributed by atoms with Gasteiger partial charge >= 0.3 is 0 Å². The molecular weight excluding hydrogens is 533 g/mol. The molecule has 4 bridgehead atoms. The summed E-state index contributed by atoms with van der Waals surface area (Å²) >= 11 is 15.9. The number of ether oxygens (including phenoxy) is 2. The van der Waals surface area contributed by atoms with E-state index < -0.39 is 0 Å². The molecule has 2 aromatic carbocycles. The van der Waals surface area contributed by atoms with Gasteiger partial charge in [-0.1, -0.05) is 43.1 Å². The number of nitrogens with one attached hydrogen (secondary N) is 1. The first-order valence-electron chi connectivity index (χ1n) is 12.4. The molecule has 2 aromatic rings. The van der Waals surface area contributed by atoms with Gasteiger partial charge in [0.15, 0.2) is 11.5 Å². The van der Waals surface area contributed by atoms with Crippen molar-refractivity contribution in [1.82, 2.24) is 5.32 Å². The van der Waals surface area contributed by atoms with Crippen LogP contribution in [-0.2, 0) is 13.2 Å². The summed E-state index contributed by atoms with van der Waals surface area (Å²) in [6.45, 7) is 8.85. The second-order valence-electron chi connectivity index (χ2n) is 11.6. The summed E-state index contributed by atoms with van der Waals surface area (Å²) in [5.41, 5.74) is 3.44. The molecule has 2 unspecified atom stereocenters. The standard InChI is InChI=1S/C28H34BrCl2NO2/c1-4-33-24-9-19(7-21(29)25(24)34-14-18-5-6-22(30)23(31)8-18)13-32-28-12-20-10-26(2,16-28)15-27(3,11-20)17-28/h5-9,20,32H,4,10-17H2,1-3H3/t20?,26-,27+,28?. The Morgan fingerprint density at radius 1 is 0.941 bits per heavy atom. The Kier molecular flexibility index (Phi) is 6.68. The van der Waals surface area contributed by atoms with Crippen molar-refractivity contribution in [2.75, 3.05) is 6.61 Å². The van der Waals surface area contributed by atoms with Gasteiger partial charge in [0.1, 0.15) is 6.61 Å². The molecule has 4 aliphatic carbocycles. The molecule has 4 saturated carbocycles. The van der Waals surface area contributed by atoms with Gasteiger partial charge in [0.2, 0.25) is 0 Å². The normalized spacial score (nSPS) is 31.6. The van der Waals surface area contributed by atoms with Gasteiger partial charge in [0.05, 0.1) is 21.1 Å². The molecule has 0 radical (unpaired) electrons. The molecule has 0 spiro atoms. The van der Waals surface area contributed by atoms with Crippen molar-refractivity contribution in [2.24, 2.45) is 16.7 Å². The fraction of sp³-hybridized carbons (Fsp3) is 0.571.